The lowest BCUT2D eigenvalue weighted by Gasteiger charge is -2.21. The number of nitrogens with zero attached hydrogens (tertiary/aromatic N) is 1. The van der Waals surface area contributed by atoms with Crippen molar-refractivity contribution in [3.8, 4) is 5.75 Å². The maximum absolute atomic E-state index is 13.0. The van der Waals surface area contributed by atoms with Crippen LogP contribution in [0.25, 0.3) is 0 Å². The summed E-state index contributed by atoms with van der Waals surface area (Å²) in [6.07, 6.45) is 18.4. The predicted molar refractivity (Wildman–Crippen MR) is 179 cm³/mol. The largest absolute Gasteiger partial charge is 0.493 e. The highest BCUT2D eigenvalue weighted by atomic mass is 32.1. The van der Waals surface area contributed by atoms with Crippen LogP contribution in [0.5, 0.6) is 5.75 Å². The first-order chi connectivity index (χ1) is 20.2. The first-order valence-corrected chi connectivity index (χ1v) is 17.2. The van der Waals surface area contributed by atoms with Crippen LogP contribution in [0.1, 0.15) is 126 Å². The number of anilines is 1. The van der Waals surface area contributed by atoms with Crippen molar-refractivity contribution in [3.05, 3.63) is 75.7 Å². The van der Waals surface area contributed by atoms with Crippen LogP contribution in [0.4, 0.5) is 5.69 Å². The van der Waals surface area contributed by atoms with E-state index in [0.717, 1.165) is 30.0 Å². The Morgan fingerprint density at radius 1 is 0.857 bits per heavy atom. The van der Waals surface area contributed by atoms with Crippen LogP contribution in [0, 0.1) is 6.92 Å². The zero-order valence-electron chi connectivity index (χ0n) is 27.0. The van der Waals surface area contributed by atoms with Gasteiger partial charge in [-0.3, -0.25) is 4.79 Å². The molecular formula is C37H55N2O2S+. The first-order valence-electron chi connectivity index (χ1n) is 16.3. The molecule has 0 aliphatic carbocycles. The fraction of sp³-hybridized carbons (Fsp3) is 0.568. The second-order valence-electron chi connectivity index (χ2n) is 12.9. The fourth-order valence-electron chi connectivity index (χ4n) is 5.24. The summed E-state index contributed by atoms with van der Waals surface area (Å²) < 4.78 is 8.50. The van der Waals surface area contributed by atoms with E-state index in [4.69, 9.17) is 4.74 Å². The smallest absolute Gasteiger partial charge is 0.228 e. The molecule has 0 radical (unpaired) electrons. The van der Waals surface area contributed by atoms with Crippen LogP contribution in [0.2, 0.25) is 0 Å². The number of aryl methyl sites for hydroxylation is 1. The summed E-state index contributed by atoms with van der Waals surface area (Å²) in [6, 6.07) is 14.5. The molecular weight excluding hydrogens is 536 g/mol. The lowest BCUT2D eigenvalue weighted by Crippen LogP contribution is -2.30. The van der Waals surface area contributed by atoms with Crippen molar-refractivity contribution in [1.29, 1.82) is 0 Å². The minimum absolute atomic E-state index is 0.0238. The molecule has 2 aromatic carbocycles. The molecule has 42 heavy (non-hydrogen) atoms. The van der Waals surface area contributed by atoms with Crippen LogP contribution in [-0.4, -0.2) is 12.5 Å². The summed E-state index contributed by atoms with van der Waals surface area (Å²) in [4.78, 5) is 14.3. The van der Waals surface area contributed by atoms with Crippen LogP contribution < -0.4 is 14.6 Å². The highest BCUT2D eigenvalue weighted by Crippen LogP contribution is 2.29. The number of unbranched alkanes of at least 4 members (excludes halogenated alkanes) is 11. The second kappa shape index (κ2) is 18.1. The highest BCUT2D eigenvalue weighted by Gasteiger charge is 2.18. The molecule has 1 heterocycles. The number of rotatable bonds is 19. The Balaban J connectivity index is 1.44. The molecule has 1 amide bonds. The number of aromatic nitrogens is 1. The summed E-state index contributed by atoms with van der Waals surface area (Å²) in [5.41, 5.74) is 6.36. The summed E-state index contributed by atoms with van der Waals surface area (Å²) in [7, 11) is 0. The molecule has 1 N–H and O–H groups in total. The number of thiazole rings is 1. The maximum Gasteiger partial charge on any atom is 0.228 e. The molecule has 3 aromatic rings. The fourth-order valence-corrected chi connectivity index (χ4v) is 5.87. The third-order valence-electron chi connectivity index (χ3n) is 7.86. The molecule has 0 aliphatic rings. The van der Waals surface area contributed by atoms with Crippen LogP contribution in [0.3, 0.4) is 0 Å². The van der Waals surface area contributed by atoms with Crippen LogP contribution in [0.15, 0.2) is 54.2 Å². The van der Waals surface area contributed by atoms with Gasteiger partial charge in [0.25, 0.3) is 0 Å². The lowest BCUT2D eigenvalue weighted by atomic mass is 9.86. The van der Waals surface area contributed by atoms with Gasteiger partial charge in [0, 0.05) is 16.8 Å². The van der Waals surface area contributed by atoms with Crippen molar-refractivity contribution in [2.24, 2.45) is 0 Å². The van der Waals surface area contributed by atoms with Gasteiger partial charge in [-0.05, 0) is 42.5 Å². The molecule has 0 atom stereocenters. The van der Waals surface area contributed by atoms with Gasteiger partial charge in [0.1, 0.15) is 5.75 Å². The van der Waals surface area contributed by atoms with Crippen molar-refractivity contribution in [1.82, 2.24) is 0 Å². The van der Waals surface area contributed by atoms with Crippen LogP contribution in [-0.2, 0) is 23.2 Å². The van der Waals surface area contributed by atoms with Crippen molar-refractivity contribution in [2.75, 3.05) is 11.9 Å². The van der Waals surface area contributed by atoms with Gasteiger partial charge in [0.2, 0.25) is 11.4 Å². The van der Waals surface area contributed by atoms with E-state index in [0.29, 0.717) is 13.0 Å². The lowest BCUT2D eigenvalue weighted by molar-refractivity contribution is -0.683. The normalized spacial score (nSPS) is 11.5. The molecule has 0 bridgehead atoms. The molecule has 0 fully saturated rings. The third-order valence-corrected chi connectivity index (χ3v) is 8.72. The molecule has 230 valence electrons. The number of carbonyl (C=O) groups is 1. The maximum atomic E-state index is 13.0. The van der Waals surface area contributed by atoms with Gasteiger partial charge in [0.15, 0.2) is 12.7 Å². The minimum Gasteiger partial charge on any atom is -0.493 e. The van der Waals surface area contributed by atoms with E-state index >= 15 is 0 Å². The Labute approximate surface area is 259 Å². The van der Waals surface area contributed by atoms with E-state index in [1.807, 2.05) is 12.1 Å². The Kier molecular flexibility index (Phi) is 14.6. The Bertz CT molecular complexity index is 1190. The number of benzene rings is 2. The molecule has 1 aromatic heterocycles. The first kappa shape index (κ1) is 33.8. The standard InChI is InChI=1S/C37H54N2O2S/c1-6-7-8-9-10-11-12-13-14-15-16-17-24-41-35-26-33(37(3,4)5)21-20-32(35)25-36(40)38-34-22-18-31(19-23-34)28-39-27-30(2)42-29-39/h18-23,26-27,29H,6-17,24-25,28H2,1-5H3/p+1. The average molecular weight is 592 g/mol. The van der Waals surface area contributed by atoms with Gasteiger partial charge < -0.3 is 10.1 Å². The van der Waals surface area contributed by atoms with Gasteiger partial charge in [-0.15, -0.1) is 0 Å². The molecule has 4 nitrogen and oxygen atoms in total. The molecule has 0 aliphatic heterocycles. The van der Waals surface area contributed by atoms with E-state index < -0.39 is 0 Å². The quantitative estimate of drug-likeness (QED) is 0.111. The van der Waals surface area contributed by atoms with Gasteiger partial charge in [0.05, 0.1) is 17.9 Å². The highest BCUT2D eigenvalue weighted by molar-refractivity contribution is 7.09. The second-order valence-corrected chi connectivity index (χ2v) is 14.0. The van der Waals surface area contributed by atoms with E-state index in [1.165, 1.54) is 86.6 Å². The molecule has 3 rings (SSSR count). The Morgan fingerprint density at radius 3 is 2.05 bits per heavy atom. The zero-order valence-corrected chi connectivity index (χ0v) is 27.8. The molecule has 0 unspecified atom stereocenters. The monoisotopic (exact) mass is 591 g/mol. The number of hydrogen-bond acceptors (Lipinski definition) is 3. The number of amides is 1. The van der Waals surface area contributed by atoms with Gasteiger partial charge in [-0.2, -0.15) is 4.57 Å². The molecule has 0 spiro atoms. The predicted octanol–water partition coefficient (Wildman–Crippen LogP) is 9.95. The third kappa shape index (κ3) is 12.7. The summed E-state index contributed by atoms with van der Waals surface area (Å²) in [5.74, 6) is 0.823. The minimum atomic E-state index is -0.0238. The topological polar surface area (TPSA) is 42.2 Å². The molecule has 0 saturated heterocycles. The summed E-state index contributed by atoms with van der Waals surface area (Å²) >= 11 is 1.75. The van der Waals surface area contributed by atoms with Crippen molar-refractivity contribution < 1.29 is 14.1 Å². The van der Waals surface area contributed by atoms with E-state index in [1.54, 1.807) is 11.3 Å². The number of ether oxygens (including phenoxy) is 1. The Morgan fingerprint density at radius 2 is 1.48 bits per heavy atom. The Hall–Kier alpha value is -2.66. The van der Waals surface area contributed by atoms with Crippen molar-refractivity contribution in [3.63, 3.8) is 0 Å². The summed E-state index contributed by atoms with van der Waals surface area (Å²) in [6.45, 7) is 12.6. The summed E-state index contributed by atoms with van der Waals surface area (Å²) in [5, 5.41) is 3.08. The molecule has 5 heteroatoms. The van der Waals surface area contributed by atoms with Gasteiger partial charge >= 0.3 is 0 Å². The zero-order chi connectivity index (χ0) is 30.2. The van der Waals surface area contributed by atoms with Crippen molar-refractivity contribution >= 4 is 22.9 Å². The number of hydrogen-bond donors (Lipinski definition) is 1. The van der Waals surface area contributed by atoms with E-state index in [9.17, 15) is 4.79 Å². The average Bonchev–Trinajstić information content (AvgIpc) is 3.36. The number of nitrogens with one attached hydrogen (secondary N) is 1. The van der Waals surface area contributed by atoms with E-state index in [2.05, 4.69) is 86.5 Å². The SMILES string of the molecule is CCCCCCCCCCCCCCOc1cc(C(C)(C)C)ccc1CC(=O)Nc1ccc(C[n+]2csc(C)c2)cc1. The van der Waals surface area contributed by atoms with Crippen LogP contribution >= 0.6 is 11.3 Å². The molecule has 0 saturated carbocycles. The van der Waals surface area contributed by atoms with E-state index in [-0.39, 0.29) is 11.3 Å². The number of carbonyl (C=O) groups excluding carboxylic acids is 1. The van der Waals surface area contributed by atoms with Gasteiger partial charge in [-0.25, -0.2) is 0 Å². The van der Waals surface area contributed by atoms with Crippen molar-refractivity contribution in [2.45, 2.75) is 130 Å². The van der Waals surface area contributed by atoms with Gasteiger partial charge in [-0.1, -0.05) is 134 Å².